The van der Waals surface area contributed by atoms with E-state index in [4.69, 9.17) is 4.52 Å². The van der Waals surface area contributed by atoms with E-state index in [0.717, 1.165) is 16.5 Å². The Morgan fingerprint density at radius 2 is 2.00 bits per heavy atom. The van der Waals surface area contributed by atoms with Gasteiger partial charge < -0.3 is 4.52 Å². The van der Waals surface area contributed by atoms with Gasteiger partial charge in [0.05, 0.1) is 0 Å². The normalized spacial score (nSPS) is 11.3. The summed E-state index contributed by atoms with van der Waals surface area (Å²) < 4.78 is 6.21. The molecule has 0 saturated heterocycles. The predicted octanol–water partition coefficient (Wildman–Crippen LogP) is 2.73. The Hall–Kier alpha value is -2.09. The molecule has 0 saturated carbocycles. The van der Waals surface area contributed by atoms with Crippen molar-refractivity contribution >= 4 is 15.9 Å². The van der Waals surface area contributed by atoms with Crippen LogP contribution in [-0.2, 0) is 13.0 Å². The highest BCUT2D eigenvalue weighted by Crippen LogP contribution is 2.17. The summed E-state index contributed by atoms with van der Waals surface area (Å²) in [5, 5.41) is 16.3. The molecule has 0 unspecified atom stereocenters. The minimum Gasteiger partial charge on any atom is -0.337 e. The van der Waals surface area contributed by atoms with Gasteiger partial charge >= 0.3 is 0 Å². The first-order chi connectivity index (χ1) is 10.6. The molecular weight excluding hydrogens is 348 g/mol. The summed E-state index contributed by atoms with van der Waals surface area (Å²) in [4.78, 5) is 5.78. The minimum atomic E-state index is 0.314. The lowest BCUT2D eigenvalue weighted by Crippen LogP contribution is -2.05. The highest BCUT2D eigenvalue weighted by molar-refractivity contribution is 9.10. The van der Waals surface area contributed by atoms with E-state index in [1.54, 1.807) is 0 Å². The van der Waals surface area contributed by atoms with Crippen LogP contribution in [0, 0.1) is 5.92 Å². The van der Waals surface area contributed by atoms with Gasteiger partial charge in [0.25, 0.3) is 0 Å². The summed E-state index contributed by atoms with van der Waals surface area (Å²) in [6.45, 7) is 4.54. The summed E-state index contributed by atoms with van der Waals surface area (Å²) in [6.07, 6.45) is 0.790. The van der Waals surface area contributed by atoms with Gasteiger partial charge in [0, 0.05) is 16.5 Å². The highest BCUT2D eigenvalue weighted by Gasteiger charge is 2.11. The SMILES string of the molecule is CC(C)Cc1noc(Cn2nnc(-c3ccc(Br)cc3)n2)n1. The maximum atomic E-state index is 5.20. The molecule has 3 rings (SSSR count). The minimum absolute atomic E-state index is 0.314. The molecule has 0 aliphatic rings. The first kappa shape index (κ1) is 14.8. The number of hydrogen-bond acceptors (Lipinski definition) is 6. The van der Waals surface area contributed by atoms with Crippen molar-refractivity contribution in [3.63, 3.8) is 0 Å². The van der Waals surface area contributed by atoms with Crippen LogP contribution < -0.4 is 0 Å². The molecule has 0 amide bonds. The topological polar surface area (TPSA) is 82.5 Å². The fourth-order valence-corrected chi connectivity index (χ4v) is 2.21. The second-order valence-electron chi connectivity index (χ2n) is 5.35. The number of tetrazole rings is 1. The number of benzene rings is 1. The summed E-state index contributed by atoms with van der Waals surface area (Å²) in [7, 11) is 0. The molecule has 2 heterocycles. The standard InChI is InChI=1S/C14H15BrN6O/c1-9(2)7-12-16-13(22-19-12)8-21-18-14(17-20-21)10-3-5-11(15)6-4-10/h3-6,9H,7-8H2,1-2H3. The Bertz CT molecular complexity index is 749. The van der Waals surface area contributed by atoms with Crippen molar-refractivity contribution < 1.29 is 4.52 Å². The lowest BCUT2D eigenvalue weighted by molar-refractivity contribution is 0.351. The van der Waals surface area contributed by atoms with Gasteiger partial charge in [-0.3, -0.25) is 0 Å². The van der Waals surface area contributed by atoms with Crippen LogP contribution in [0.15, 0.2) is 33.3 Å². The lowest BCUT2D eigenvalue weighted by Gasteiger charge is -1.96. The van der Waals surface area contributed by atoms with Crippen LogP contribution in [0.4, 0.5) is 0 Å². The van der Waals surface area contributed by atoms with Crippen LogP contribution in [0.1, 0.15) is 25.6 Å². The van der Waals surface area contributed by atoms with Gasteiger partial charge in [-0.05, 0) is 35.4 Å². The molecule has 1 aromatic carbocycles. The molecule has 7 nitrogen and oxygen atoms in total. The van der Waals surface area contributed by atoms with Crippen LogP contribution in [0.3, 0.4) is 0 Å². The zero-order valence-electron chi connectivity index (χ0n) is 12.3. The molecule has 2 aromatic heterocycles. The van der Waals surface area contributed by atoms with Gasteiger partial charge in [-0.25, -0.2) is 0 Å². The smallest absolute Gasteiger partial charge is 0.250 e. The number of nitrogens with zero attached hydrogens (tertiary/aromatic N) is 6. The third-order valence-corrected chi connectivity index (χ3v) is 3.46. The molecule has 0 N–H and O–H groups in total. The van der Waals surface area contributed by atoms with Gasteiger partial charge in [0.15, 0.2) is 5.82 Å². The molecular formula is C14H15BrN6O. The third kappa shape index (κ3) is 3.56. The summed E-state index contributed by atoms with van der Waals surface area (Å²) >= 11 is 3.40. The van der Waals surface area contributed by atoms with Crippen LogP contribution in [0.5, 0.6) is 0 Å². The molecule has 8 heteroatoms. The zero-order chi connectivity index (χ0) is 15.5. The van der Waals surface area contributed by atoms with Gasteiger partial charge in [-0.1, -0.05) is 34.9 Å². The molecule has 0 aliphatic carbocycles. The van der Waals surface area contributed by atoms with E-state index >= 15 is 0 Å². The van der Waals surface area contributed by atoms with Crippen LogP contribution in [-0.4, -0.2) is 30.3 Å². The second-order valence-corrected chi connectivity index (χ2v) is 6.27. The van der Waals surface area contributed by atoms with Gasteiger partial charge in [-0.2, -0.15) is 9.78 Å². The van der Waals surface area contributed by atoms with E-state index in [1.165, 1.54) is 4.80 Å². The number of hydrogen-bond donors (Lipinski definition) is 0. The number of halogens is 1. The Kier molecular flexibility index (Phi) is 4.28. The first-order valence-electron chi connectivity index (χ1n) is 6.95. The molecule has 0 bridgehead atoms. The number of rotatable bonds is 5. The van der Waals surface area contributed by atoms with Crippen LogP contribution in [0.25, 0.3) is 11.4 Å². The molecule has 0 aliphatic heterocycles. The average Bonchev–Trinajstić information content (AvgIpc) is 3.09. The molecule has 0 fully saturated rings. The maximum absolute atomic E-state index is 5.20. The summed E-state index contributed by atoms with van der Waals surface area (Å²) in [5.41, 5.74) is 0.903. The van der Waals surface area contributed by atoms with Crippen molar-refractivity contribution in [1.82, 2.24) is 30.3 Å². The van der Waals surface area contributed by atoms with E-state index in [-0.39, 0.29) is 0 Å². The van der Waals surface area contributed by atoms with E-state index in [0.29, 0.717) is 30.0 Å². The van der Waals surface area contributed by atoms with E-state index < -0.39 is 0 Å². The lowest BCUT2D eigenvalue weighted by atomic mass is 10.1. The van der Waals surface area contributed by atoms with Crippen molar-refractivity contribution in [2.24, 2.45) is 5.92 Å². The van der Waals surface area contributed by atoms with Gasteiger partial charge in [0.2, 0.25) is 11.7 Å². The molecule has 22 heavy (non-hydrogen) atoms. The summed E-state index contributed by atoms with van der Waals surface area (Å²) in [5.74, 6) is 2.24. The fourth-order valence-electron chi connectivity index (χ4n) is 1.95. The van der Waals surface area contributed by atoms with Crippen molar-refractivity contribution in [3.8, 4) is 11.4 Å². The van der Waals surface area contributed by atoms with Crippen molar-refractivity contribution in [2.45, 2.75) is 26.8 Å². The van der Waals surface area contributed by atoms with E-state index in [1.807, 2.05) is 24.3 Å². The fraction of sp³-hybridized carbons (Fsp3) is 0.357. The quantitative estimate of drug-likeness (QED) is 0.693. The Morgan fingerprint density at radius 1 is 1.23 bits per heavy atom. The Labute approximate surface area is 135 Å². The Morgan fingerprint density at radius 3 is 2.73 bits per heavy atom. The molecule has 0 radical (unpaired) electrons. The molecule has 0 atom stereocenters. The van der Waals surface area contributed by atoms with Crippen LogP contribution in [0.2, 0.25) is 0 Å². The van der Waals surface area contributed by atoms with E-state index in [2.05, 4.69) is 55.3 Å². The monoisotopic (exact) mass is 362 g/mol. The van der Waals surface area contributed by atoms with Gasteiger partial charge in [-0.15, -0.1) is 10.2 Å². The average molecular weight is 363 g/mol. The maximum Gasteiger partial charge on any atom is 0.250 e. The largest absolute Gasteiger partial charge is 0.337 e. The molecule has 114 valence electrons. The second kappa shape index (κ2) is 6.35. The predicted molar refractivity (Wildman–Crippen MR) is 82.9 cm³/mol. The van der Waals surface area contributed by atoms with Crippen LogP contribution >= 0.6 is 15.9 Å². The van der Waals surface area contributed by atoms with Gasteiger partial charge in [0.1, 0.15) is 6.54 Å². The number of aromatic nitrogens is 6. The van der Waals surface area contributed by atoms with Crippen molar-refractivity contribution in [1.29, 1.82) is 0 Å². The van der Waals surface area contributed by atoms with E-state index in [9.17, 15) is 0 Å². The highest BCUT2D eigenvalue weighted by atomic mass is 79.9. The summed E-state index contributed by atoms with van der Waals surface area (Å²) in [6, 6.07) is 7.73. The first-order valence-corrected chi connectivity index (χ1v) is 7.74. The zero-order valence-corrected chi connectivity index (χ0v) is 13.9. The van der Waals surface area contributed by atoms with Crippen molar-refractivity contribution in [2.75, 3.05) is 0 Å². The van der Waals surface area contributed by atoms with Crippen molar-refractivity contribution in [3.05, 3.63) is 40.5 Å². The Balaban J connectivity index is 1.71. The molecule has 3 aromatic rings. The molecule has 0 spiro atoms. The third-order valence-electron chi connectivity index (χ3n) is 2.93.